The van der Waals surface area contributed by atoms with Gasteiger partial charge in [0.05, 0.1) is 29.3 Å². The van der Waals surface area contributed by atoms with Gasteiger partial charge in [-0.1, -0.05) is 0 Å². The zero-order valence-corrected chi connectivity index (χ0v) is 17.7. The number of carboxylic acid groups (broad SMARTS) is 1. The van der Waals surface area contributed by atoms with Gasteiger partial charge in [-0.3, -0.25) is 19.7 Å². The summed E-state index contributed by atoms with van der Waals surface area (Å²) in [6.07, 6.45) is 2.53. The Morgan fingerprint density at radius 2 is 2.00 bits per heavy atom. The van der Waals surface area contributed by atoms with E-state index in [1.54, 1.807) is 6.20 Å². The molecule has 34 heavy (non-hydrogen) atoms. The Morgan fingerprint density at radius 1 is 1.24 bits per heavy atom. The third-order valence-corrected chi connectivity index (χ3v) is 6.05. The Balaban J connectivity index is 1.74. The van der Waals surface area contributed by atoms with E-state index in [2.05, 4.69) is 15.8 Å². The van der Waals surface area contributed by atoms with E-state index in [0.29, 0.717) is 31.4 Å². The quantitative estimate of drug-likeness (QED) is 0.483. The van der Waals surface area contributed by atoms with Crippen LogP contribution in [-0.2, 0) is 4.84 Å². The summed E-state index contributed by atoms with van der Waals surface area (Å²) in [5.74, 6) is -4.45. The van der Waals surface area contributed by atoms with Crippen molar-refractivity contribution in [1.29, 1.82) is 0 Å². The third-order valence-electron chi connectivity index (χ3n) is 6.05. The molecule has 2 aromatic heterocycles. The van der Waals surface area contributed by atoms with Crippen molar-refractivity contribution in [3.05, 3.63) is 75.6 Å². The molecule has 4 heterocycles. The van der Waals surface area contributed by atoms with Crippen LogP contribution in [0.4, 0.5) is 19.0 Å². The van der Waals surface area contributed by atoms with Crippen LogP contribution in [0.3, 0.4) is 0 Å². The van der Waals surface area contributed by atoms with Crippen LogP contribution in [0.1, 0.15) is 10.4 Å². The van der Waals surface area contributed by atoms with Crippen LogP contribution in [0.15, 0.2) is 47.2 Å². The number of aromatic carboxylic acids is 1. The third kappa shape index (κ3) is 3.30. The van der Waals surface area contributed by atoms with Crippen LogP contribution in [-0.4, -0.2) is 47.4 Å². The molecule has 2 aliphatic rings. The first kappa shape index (κ1) is 21.9. The monoisotopic (exact) mass is 473 g/mol. The van der Waals surface area contributed by atoms with Crippen LogP contribution >= 0.6 is 0 Å². The minimum atomic E-state index is -1.58. The van der Waals surface area contributed by atoms with Gasteiger partial charge in [0.1, 0.15) is 17.2 Å². The van der Waals surface area contributed by atoms with Crippen LogP contribution in [0.25, 0.3) is 16.7 Å². The fourth-order valence-corrected chi connectivity index (χ4v) is 4.29. The number of hydrogen-bond donors (Lipinski definition) is 3. The maximum Gasteiger partial charge on any atom is 0.341 e. The van der Waals surface area contributed by atoms with Gasteiger partial charge < -0.3 is 15.3 Å². The van der Waals surface area contributed by atoms with Gasteiger partial charge in [0.25, 0.3) is 0 Å². The second-order valence-corrected chi connectivity index (χ2v) is 8.17. The highest BCUT2D eigenvalue weighted by Crippen LogP contribution is 2.39. The lowest BCUT2D eigenvalue weighted by atomic mass is 9.80. The number of halogens is 3. The van der Waals surface area contributed by atoms with E-state index in [0.717, 1.165) is 29.0 Å². The first-order valence-corrected chi connectivity index (χ1v) is 10.2. The number of hydroxylamine groups is 1. The smallest absolute Gasteiger partial charge is 0.341 e. The van der Waals surface area contributed by atoms with Crippen molar-refractivity contribution in [1.82, 2.24) is 20.3 Å². The average Bonchev–Trinajstić information content (AvgIpc) is 3.14. The number of carbonyl (C=O) groups is 1. The Hall–Kier alpha value is -3.90. The predicted octanol–water partition coefficient (Wildman–Crippen LogP) is 1.90. The zero-order chi connectivity index (χ0) is 24.2. The zero-order valence-electron chi connectivity index (χ0n) is 17.7. The van der Waals surface area contributed by atoms with Gasteiger partial charge in [-0.15, -0.1) is 0 Å². The van der Waals surface area contributed by atoms with Crippen LogP contribution in [0.2, 0.25) is 0 Å². The fourth-order valence-electron chi connectivity index (χ4n) is 4.29. The average molecular weight is 473 g/mol. The van der Waals surface area contributed by atoms with Gasteiger partial charge in [-0.25, -0.2) is 22.9 Å². The van der Waals surface area contributed by atoms with E-state index >= 15 is 4.39 Å². The van der Waals surface area contributed by atoms with Crippen molar-refractivity contribution in [2.45, 2.75) is 0 Å². The summed E-state index contributed by atoms with van der Waals surface area (Å²) < 4.78 is 44.3. The van der Waals surface area contributed by atoms with E-state index < -0.39 is 34.4 Å². The summed E-state index contributed by atoms with van der Waals surface area (Å²) in [6.45, 7) is 1.59. The van der Waals surface area contributed by atoms with Crippen molar-refractivity contribution in [2.24, 2.45) is 5.41 Å². The Bertz CT molecular complexity index is 1430. The number of fused-ring (bicyclic) bond motifs is 1. The van der Waals surface area contributed by atoms with Gasteiger partial charge >= 0.3 is 5.97 Å². The lowest BCUT2D eigenvalue weighted by molar-refractivity contribution is 0.0695. The number of aromatic nitrogens is 2. The van der Waals surface area contributed by atoms with Crippen molar-refractivity contribution in [3.8, 4) is 5.69 Å². The van der Waals surface area contributed by atoms with Crippen molar-refractivity contribution < 1.29 is 27.9 Å². The molecule has 3 aromatic rings. The molecule has 0 saturated carbocycles. The first-order valence-electron chi connectivity index (χ1n) is 10.2. The molecule has 1 spiro atoms. The molecule has 176 valence electrons. The van der Waals surface area contributed by atoms with E-state index in [9.17, 15) is 23.5 Å². The molecule has 1 aromatic carbocycles. The maximum absolute atomic E-state index is 15.2. The molecule has 0 atom stereocenters. The highest BCUT2D eigenvalue weighted by atomic mass is 19.1. The fraction of sp³-hybridized carbons (Fsp3) is 0.227. The van der Waals surface area contributed by atoms with Crippen molar-refractivity contribution >= 4 is 22.8 Å². The molecular weight excluding hydrogens is 455 g/mol. The van der Waals surface area contributed by atoms with Crippen molar-refractivity contribution in [2.75, 3.05) is 31.6 Å². The van der Waals surface area contributed by atoms with Crippen LogP contribution in [0.5, 0.6) is 0 Å². The molecule has 3 N–H and O–H groups in total. The standard InChI is InChI=1S/C22H18F3N5O4/c1-34-28-17-7-29(10-22(17)8-26-9-22)20-15(25)5-12-18(31)13(21(32)33)6-30(19(12)27-20)16-3-2-11(23)4-14(16)24/h2-7,26,28H,8-10H2,1H3,(H,32,33). The summed E-state index contributed by atoms with van der Waals surface area (Å²) in [6, 6.07) is 3.55. The molecule has 0 unspecified atom stereocenters. The molecule has 12 heteroatoms. The minimum Gasteiger partial charge on any atom is -0.477 e. The van der Waals surface area contributed by atoms with Gasteiger partial charge in [-0.05, 0) is 18.2 Å². The molecule has 0 bridgehead atoms. The van der Waals surface area contributed by atoms with E-state index in [1.165, 1.54) is 12.0 Å². The van der Waals surface area contributed by atoms with Gasteiger partial charge in [0.15, 0.2) is 17.3 Å². The lowest BCUT2D eigenvalue weighted by Crippen LogP contribution is -2.58. The molecule has 9 nitrogen and oxygen atoms in total. The summed E-state index contributed by atoms with van der Waals surface area (Å²) in [5, 5.41) is 12.3. The number of benzene rings is 1. The van der Waals surface area contributed by atoms with E-state index in [1.807, 2.05) is 0 Å². The Morgan fingerprint density at radius 3 is 2.62 bits per heavy atom. The molecule has 1 saturated heterocycles. The highest BCUT2D eigenvalue weighted by molar-refractivity contribution is 5.92. The molecular formula is C22H18F3N5O4. The predicted molar refractivity (Wildman–Crippen MR) is 115 cm³/mol. The minimum absolute atomic E-state index is 0.148. The van der Waals surface area contributed by atoms with Gasteiger partial charge in [-0.2, -0.15) is 0 Å². The molecule has 0 aliphatic carbocycles. The van der Waals surface area contributed by atoms with Crippen LogP contribution in [0, 0.1) is 22.9 Å². The SMILES string of the molecule is CONC1=CN(c2nc3c(cc2F)c(=O)c(C(=O)O)cn3-c2ccc(F)cc2F)CC12CNC2. The largest absolute Gasteiger partial charge is 0.477 e. The number of hydrogen-bond acceptors (Lipinski definition) is 7. The summed E-state index contributed by atoms with van der Waals surface area (Å²) in [5.41, 5.74) is 1.03. The first-order chi connectivity index (χ1) is 16.2. The van der Waals surface area contributed by atoms with Crippen molar-refractivity contribution in [3.63, 3.8) is 0 Å². The normalized spacial score (nSPS) is 16.6. The molecule has 0 amide bonds. The number of pyridine rings is 2. The summed E-state index contributed by atoms with van der Waals surface area (Å²) in [7, 11) is 1.45. The highest BCUT2D eigenvalue weighted by Gasteiger charge is 2.47. The topological polar surface area (TPSA) is 109 Å². The number of rotatable bonds is 5. The Kier molecular flexibility index (Phi) is 5.06. The lowest BCUT2D eigenvalue weighted by Gasteiger charge is -2.41. The number of carboxylic acids is 1. The molecule has 1 fully saturated rings. The Labute approximate surface area is 190 Å². The second-order valence-electron chi connectivity index (χ2n) is 8.17. The molecule has 0 radical (unpaired) electrons. The van der Waals surface area contributed by atoms with E-state index in [4.69, 9.17) is 4.84 Å². The maximum atomic E-state index is 15.2. The van der Waals surface area contributed by atoms with Crippen LogP contribution < -0.4 is 21.1 Å². The van der Waals surface area contributed by atoms with Gasteiger partial charge in [0.2, 0.25) is 5.43 Å². The van der Waals surface area contributed by atoms with E-state index in [-0.39, 0.29) is 28.0 Å². The molecule has 2 aliphatic heterocycles. The summed E-state index contributed by atoms with van der Waals surface area (Å²) >= 11 is 0. The number of nitrogens with zero attached hydrogens (tertiary/aromatic N) is 3. The second kappa shape index (κ2) is 7.85. The number of anilines is 1. The molecule has 5 rings (SSSR count). The number of nitrogens with one attached hydrogen (secondary N) is 2. The van der Waals surface area contributed by atoms with Gasteiger partial charge in [0, 0.05) is 38.1 Å². The summed E-state index contributed by atoms with van der Waals surface area (Å²) in [4.78, 5) is 35.3.